The first-order chi connectivity index (χ1) is 18.6. The number of H-pyrrole nitrogens is 2. The summed E-state index contributed by atoms with van der Waals surface area (Å²) >= 11 is 4.04. The summed E-state index contributed by atoms with van der Waals surface area (Å²) in [5, 5.41) is 18.7. The third-order valence-corrected chi connectivity index (χ3v) is 7.05. The number of carbonyl (C=O) groups excluding carboxylic acids is 3. The Bertz CT molecular complexity index is 1280. The number of benzene rings is 1. The number of carbonyl (C=O) groups is 4. The van der Waals surface area contributed by atoms with E-state index in [1.54, 1.807) is 13.1 Å². The van der Waals surface area contributed by atoms with E-state index in [2.05, 4.69) is 43.5 Å². The highest BCUT2D eigenvalue weighted by molar-refractivity contribution is 7.80. The molecule has 39 heavy (non-hydrogen) atoms. The number of thiol groups is 1. The fourth-order valence-electron chi connectivity index (χ4n) is 4.12. The van der Waals surface area contributed by atoms with Gasteiger partial charge in [-0.25, -0.2) is 9.78 Å². The van der Waals surface area contributed by atoms with Crippen molar-refractivity contribution < 1.29 is 24.3 Å². The highest BCUT2D eigenvalue weighted by atomic mass is 32.1. The Morgan fingerprint density at radius 2 is 1.74 bits per heavy atom. The Labute approximate surface area is 231 Å². The topological polar surface area (TPSA) is 195 Å². The zero-order valence-electron chi connectivity index (χ0n) is 21.8. The Kier molecular flexibility index (Phi) is 10.5. The number of nitrogens with two attached hydrogens (primary N) is 1. The van der Waals surface area contributed by atoms with Crippen LogP contribution in [-0.2, 0) is 32.0 Å². The standard InChI is InChI=1S/C26H35N7O5S/c1-3-14(2)22(33-23(34)18(27)12-39)25(36)31-20(9-16-11-28-13-30-16)24(35)32-21(26(37)38)8-15-10-29-19-7-5-4-6-17(15)19/h4-7,10-11,13-14,18,20-22,29,39H,3,8-9,12,27H2,1-2H3,(H,28,30)(H,31,36)(H,32,35)(H,33,34)(H,37,38). The van der Waals surface area contributed by atoms with Crippen molar-refractivity contribution in [2.75, 3.05) is 5.75 Å². The van der Waals surface area contributed by atoms with Crippen LogP contribution in [0.25, 0.3) is 10.9 Å². The van der Waals surface area contributed by atoms with Crippen LogP contribution in [0.3, 0.4) is 0 Å². The fourth-order valence-corrected chi connectivity index (χ4v) is 4.29. The van der Waals surface area contributed by atoms with E-state index in [1.807, 2.05) is 31.2 Å². The zero-order chi connectivity index (χ0) is 28.5. The van der Waals surface area contributed by atoms with Gasteiger partial charge in [0, 0.05) is 47.6 Å². The normalized spacial score (nSPS) is 15.1. The number of hydrogen-bond donors (Lipinski definition) is 8. The Morgan fingerprint density at radius 3 is 2.38 bits per heavy atom. The minimum absolute atomic E-state index is 0.0221. The smallest absolute Gasteiger partial charge is 0.326 e. The number of nitrogens with one attached hydrogen (secondary N) is 5. The molecule has 13 heteroatoms. The first-order valence-electron chi connectivity index (χ1n) is 12.7. The first-order valence-corrected chi connectivity index (χ1v) is 13.3. The third-order valence-electron chi connectivity index (χ3n) is 6.65. The van der Waals surface area contributed by atoms with Crippen molar-refractivity contribution in [3.05, 3.63) is 54.2 Å². The lowest BCUT2D eigenvalue weighted by Gasteiger charge is -2.27. The number of rotatable bonds is 14. The van der Waals surface area contributed by atoms with Crippen molar-refractivity contribution in [2.45, 2.75) is 57.3 Å². The molecule has 12 nitrogen and oxygen atoms in total. The van der Waals surface area contributed by atoms with Gasteiger partial charge in [-0.2, -0.15) is 12.6 Å². The van der Waals surface area contributed by atoms with Crippen LogP contribution in [0, 0.1) is 5.92 Å². The summed E-state index contributed by atoms with van der Waals surface area (Å²) in [4.78, 5) is 61.2. The highest BCUT2D eigenvalue weighted by Gasteiger charge is 2.33. The van der Waals surface area contributed by atoms with Crippen LogP contribution >= 0.6 is 12.6 Å². The summed E-state index contributed by atoms with van der Waals surface area (Å²) in [6.07, 6.45) is 5.28. The number of hydrogen-bond acceptors (Lipinski definition) is 7. The maximum Gasteiger partial charge on any atom is 0.326 e. The zero-order valence-corrected chi connectivity index (χ0v) is 22.7. The van der Waals surface area contributed by atoms with Crippen LogP contribution in [0.2, 0.25) is 0 Å². The van der Waals surface area contributed by atoms with Gasteiger partial charge < -0.3 is 36.8 Å². The Balaban J connectivity index is 1.80. The van der Waals surface area contributed by atoms with Crippen LogP contribution in [0.5, 0.6) is 0 Å². The van der Waals surface area contributed by atoms with Gasteiger partial charge in [0.25, 0.3) is 0 Å². The molecule has 8 N–H and O–H groups in total. The molecule has 0 fully saturated rings. The number of nitrogens with zero attached hydrogens (tertiary/aromatic N) is 1. The Hall–Kier alpha value is -3.84. The third kappa shape index (κ3) is 7.83. The van der Waals surface area contributed by atoms with Crippen molar-refractivity contribution in [1.82, 2.24) is 30.9 Å². The molecule has 0 aliphatic heterocycles. The molecule has 0 saturated heterocycles. The summed E-state index contributed by atoms with van der Waals surface area (Å²) in [6.45, 7) is 3.66. The number of fused-ring (bicyclic) bond motifs is 1. The molecule has 0 radical (unpaired) electrons. The molecule has 3 amide bonds. The number of carboxylic acids is 1. The molecule has 0 saturated carbocycles. The lowest BCUT2D eigenvalue weighted by molar-refractivity contribution is -0.142. The maximum absolute atomic E-state index is 13.4. The number of para-hydroxylation sites is 1. The minimum atomic E-state index is -1.25. The van der Waals surface area contributed by atoms with Crippen LogP contribution in [0.1, 0.15) is 31.5 Å². The van der Waals surface area contributed by atoms with Gasteiger partial charge in [-0.05, 0) is 17.5 Å². The van der Waals surface area contributed by atoms with E-state index >= 15 is 0 Å². The van der Waals surface area contributed by atoms with E-state index in [9.17, 15) is 24.3 Å². The van der Waals surface area contributed by atoms with E-state index in [0.29, 0.717) is 12.1 Å². The summed E-state index contributed by atoms with van der Waals surface area (Å²) in [6, 6.07) is 3.18. The second-order valence-corrected chi connectivity index (χ2v) is 9.83. The number of aromatic nitrogens is 3. The summed E-state index contributed by atoms with van der Waals surface area (Å²) in [5.74, 6) is -3.21. The average molecular weight is 558 g/mol. The summed E-state index contributed by atoms with van der Waals surface area (Å²) in [5.41, 5.74) is 7.90. The molecule has 0 aliphatic rings. The van der Waals surface area contributed by atoms with Crippen LogP contribution in [-0.4, -0.2) is 73.7 Å². The summed E-state index contributed by atoms with van der Waals surface area (Å²) in [7, 11) is 0. The molecule has 0 aliphatic carbocycles. The molecule has 2 aromatic heterocycles. The molecular weight excluding hydrogens is 522 g/mol. The van der Waals surface area contributed by atoms with Gasteiger partial charge in [-0.1, -0.05) is 38.5 Å². The van der Waals surface area contributed by atoms with Gasteiger partial charge in [0.2, 0.25) is 17.7 Å². The number of imidazole rings is 1. The van der Waals surface area contributed by atoms with Crippen molar-refractivity contribution in [1.29, 1.82) is 0 Å². The van der Waals surface area contributed by atoms with Gasteiger partial charge in [-0.15, -0.1) is 0 Å². The number of aliphatic carboxylic acids is 1. The predicted molar refractivity (Wildman–Crippen MR) is 149 cm³/mol. The first kappa shape index (κ1) is 29.7. The lowest BCUT2D eigenvalue weighted by Crippen LogP contribution is -2.59. The van der Waals surface area contributed by atoms with Gasteiger partial charge in [0.15, 0.2) is 0 Å². The molecule has 0 bridgehead atoms. The van der Waals surface area contributed by atoms with Crippen molar-refractivity contribution in [3.63, 3.8) is 0 Å². The van der Waals surface area contributed by atoms with Crippen molar-refractivity contribution in [2.24, 2.45) is 11.7 Å². The molecule has 0 spiro atoms. The highest BCUT2D eigenvalue weighted by Crippen LogP contribution is 2.19. The maximum atomic E-state index is 13.4. The monoisotopic (exact) mass is 557 g/mol. The number of aromatic amines is 2. The van der Waals surface area contributed by atoms with Crippen molar-refractivity contribution in [3.8, 4) is 0 Å². The second kappa shape index (κ2) is 13.8. The molecule has 5 unspecified atom stereocenters. The minimum Gasteiger partial charge on any atom is -0.480 e. The summed E-state index contributed by atoms with van der Waals surface area (Å²) < 4.78 is 0. The molecular formula is C26H35N7O5S. The van der Waals surface area contributed by atoms with E-state index in [0.717, 1.165) is 16.5 Å². The molecule has 2 heterocycles. The number of carboxylic acid groups (broad SMARTS) is 1. The molecule has 210 valence electrons. The average Bonchev–Trinajstić information content (AvgIpc) is 3.59. The van der Waals surface area contributed by atoms with Crippen molar-refractivity contribution >= 4 is 47.2 Å². The SMILES string of the molecule is CCC(C)C(NC(=O)C(N)CS)C(=O)NC(Cc1cnc[nH]1)C(=O)NC(Cc1c[nH]c2ccccc12)C(=O)O. The molecule has 3 rings (SSSR count). The molecule has 3 aromatic rings. The second-order valence-electron chi connectivity index (χ2n) is 9.47. The van der Waals surface area contributed by atoms with Crippen LogP contribution in [0.15, 0.2) is 43.0 Å². The van der Waals surface area contributed by atoms with Crippen LogP contribution in [0.4, 0.5) is 0 Å². The fraction of sp³-hybridized carbons (Fsp3) is 0.423. The van der Waals surface area contributed by atoms with E-state index < -0.39 is 47.9 Å². The van der Waals surface area contributed by atoms with E-state index in [4.69, 9.17) is 5.73 Å². The number of amides is 3. The van der Waals surface area contributed by atoms with Gasteiger partial charge in [-0.3, -0.25) is 14.4 Å². The van der Waals surface area contributed by atoms with Gasteiger partial charge in [0.1, 0.15) is 18.1 Å². The molecule has 5 atom stereocenters. The quantitative estimate of drug-likeness (QED) is 0.132. The van der Waals surface area contributed by atoms with Gasteiger partial charge >= 0.3 is 5.97 Å². The van der Waals surface area contributed by atoms with Gasteiger partial charge in [0.05, 0.1) is 12.4 Å². The molecule has 1 aromatic carbocycles. The lowest BCUT2D eigenvalue weighted by atomic mass is 9.97. The largest absolute Gasteiger partial charge is 0.480 e. The van der Waals surface area contributed by atoms with Crippen LogP contribution < -0.4 is 21.7 Å². The Morgan fingerprint density at radius 1 is 1.03 bits per heavy atom. The van der Waals surface area contributed by atoms with E-state index in [1.165, 1.54) is 12.5 Å². The predicted octanol–water partition coefficient (Wildman–Crippen LogP) is 0.518. The van der Waals surface area contributed by atoms with E-state index in [-0.39, 0.29) is 24.5 Å².